The van der Waals surface area contributed by atoms with Gasteiger partial charge in [-0.2, -0.15) is 0 Å². The van der Waals surface area contributed by atoms with Crippen LogP contribution in [0, 0.1) is 6.92 Å². The number of hydrogen-bond donors (Lipinski definition) is 0. The molecule has 6 heteroatoms. The Morgan fingerprint density at radius 3 is 2.16 bits per heavy atom. The fraction of sp³-hybridized carbons (Fsp3) is 0.344. The standard InChI is InChI=1S/C32H35N3O3/c1-6-35-28-15-13-23(22(3)33-38-31(37)32(4,5)34-17-9-10-18-34)19-26(28)27-20-24(14-16-29(27)35)30(36)25-12-8-7-11-21(25)2/h7-8,11-16,19-20H,6,9-10,17-18H2,1-5H3. The molecular formula is C32H35N3O3. The number of carbonyl (C=O) groups is 2. The lowest BCUT2D eigenvalue weighted by atomic mass is 9.97. The summed E-state index contributed by atoms with van der Waals surface area (Å²) in [5.41, 5.74) is 5.30. The van der Waals surface area contributed by atoms with E-state index in [0.717, 1.165) is 65.4 Å². The fourth-order valence-electron chi connectivity index (χ4n) is 5.47. The molecule has 4 aromatic rings. The van der Waals surface area contributed by atoms with Crippen LogP contribution in [0.2, 0.25) is 0 Å². The number of fused-ring (bicyclic) bond motifs is 3. The third kappa shape index (κ3) is 4.54. The SMILES string of the molecule is CCn1c2ccc(C(=O)c3ccccc3C)cc2c2cc(C(C)=NOC(=O)C(C)(C)N3CCCC3)ccc21. The highest BCUT2D eigenvalue weighted by Gasteiger charge is 2.38. The average Bonchev–Trinajstić information content (AvgIpc) is 3.58. The largest absolute Gasteiger partial charge is 0.354 e. The maximum Gasteiger partial charge on any atom is 0.354 e. The smallest absolute Gasteiger partial charge is 0.341 e. The summed E-state index contributed by atoms with van der Waals surface area (Å²) in [4.78, 5) is 33.8. The van der Waals surface area contributed by atoms with E-state index >= 15 is 0 Å². The molecule has 6 nitrogen and oxygen atoms in total. The Morgan fingerprint density at radius 1 is 0.921 bits per heavy atom. The van der Waals surface area contributed by atoms with E-state index in [1.807, 2.05) is 76.2 Å². The van der Waals surface area contributed by atoms with Gasteiger partial charge >= 0.3 is 5.97 Å². The molecule has 1 aliphatic heterocycles. The molecule has 196 valence electrons. The van der Waals surface area contributed by atoms with Crippen LogP contribution in [0.25, 0.3) is 21.8 Å². The zero-order valence-corrected chi connectivity index (χ0v) is 22.9. The minimum absolute atomic E-state index is 0.0174. The van der Waals surface area contributed by atoms with Gasteiger partial charge < -0.3 is 9.40 Å². The minimum atomic E-state index is -0.709. The van der Waals surface area contributed by atoms with E-state index in [1.165, 1.54) is 0 Å². The molecule has 1 aliphatic rings. The normalized spacial score (nSPS) is 14.9. The third-order valence-electron chi connectivity index (χ3n) is 7.91. The Balaban J connectivity index is 1.50. The monoisotopic (exact) mass is 509 g/mol. The van der Waals surface area contributed by atoms with Crippen molar-refractivity contribution in [3.63, 3.8) is 0 Å². The first kappa shape index (κ1) is 25.9. The summed E-state index contributed by atoms with van der Waals surface area (Å²) in [6.45, 7) is 12.3. The highest BCUT2D eigenvalue weighted by atomic mass is 16.7. The second-order valence-electron chi connectivity index (χ2n) is 10.7. The number of likely N-dealkylation sites (tertiary alicyclic amines) is 1. The number of aromatic nitrogens is 1. The molecule has 0 N–H and O–H groups in total. The summed E-state index contributed by atoms with van der Waals surface area (Å²) in [7, 11) is 0. The maximum absolute atomic E-state index is 13.3. The molecule has 1 saturated heterocycles. The van der Waals surface area contributed by atoms with Crippen molar-refractivity contribution in [1.29, 1.82) is 0 Å². The van der Waals surface area contributed by atoms with Gasteiger partial charge in [0.2, 0.25) is 0 Å². The summed E-state index contributed by atoms with van der Waals surface area (Å²) >= 11 is 0. The third-order valence-corrected chi connectivity index (χ3v) is 7.91. The van der Waals surface area contributed by atoms with Gasteiger partial charge in [-0.25, -0.2) is 4.79 Å². The number of ketones is 1. The molecule has 1 fully saturated rings. The first-order valence-corrected chi connectivity index (χ1v) is 13.4. The van der Waals surface area contributed by atoms with Crippen molar-refractivity contribution in [3.05, 3.63) is 82.9 Å². The second-order valence-corrected chi connectivity index (χ2v) is 10.7. The quantitative estimate of drug-likeness (QED) is 0.124. The molecule has 2 heterocycles. The van der Waals surface area contributed by atoms with E-state index in [4.69, 9.17) is 4.84 Å². The minimum Gasteiger partial charge on any atom is -0.341 e. The Labute approximate surface area is 223 Å². The number of aryl methyl sites for hydroxylation is 2. The van der Waals surface area contributed by atoms with E-state index in [1.54, 1.807) is 0 Å². The van der Waals surface area contributed by atoms with Gasteiger partial charge in [-0.3, -0.25) is 9.69 Å². The Bertz CT molecular complexity index is 1570. The summed E-state index contributed by atoms with van der Waals surface area (Å²) in [6, 6.07) is 19.8. The molecule has 0 spiro atoms. The predicted molar refractivity (Wildman–Crippen MR) is 153 cm³/mol. The first-order valence-electron chi connectivity index (χ1n) is 13.4. The fourth-order valence-corrected chi connectivity index (χ4v) is 5.47. The number of benzene rings is 3. The molecule has 0 aliphatic carbocycles. The van der Waals surface area contributed by atoms with Gasteiger partial charge in [-0.1, -0.05) is 35.5 Å². The van der Waals surface area contributed by atoms with E-state index in [2.05, 4.69) is 33.7 Å². The van der Waals surface area contributed by atoms with Crippen molar-refractivity contribution < 1.29 is 14.4 Å². The first-order chi connectivity index (χ1) is 18.2. The van der Waals surface area contributed by atoms with Gasteiger partial charge in [0.05, 0.1) is 5.71 Å². The van der Waals surface area contributed by atoms with Crippen LogP contribution in [-0.4, -0.2) is 45.6 Å². The molecule has 0 amide bonds. The average molecular weight is 510 g/mol. The number of carbonyl (C=O) groups excluding carboxylic acids is 2. The molecule has 0 radical (unpaired) electrons. The molecule has 5 rings (SSSR count). The predicted octanol–water partition coefficient (Wildman–Crippen LogP) is 6.50. The molecule has 0 unspecified atom stereocenters. The van der Waals surface area contributed by atoms with Gasteiger partial charge in [0.1, 0.15) is 5.54 Å². The molecule has 0 saturated carbocycles. The van der Waals surface area contributed by atoms with Crippen molar-refractivity contribution in [2.24, 2.45) is 5.16 Å². The summed E-state index contributed by atoms with van der Waals surface area (Å²) in [5, 5.41) is 6.28. The zero-order chi connectivity index (χ0) is 27.0. The van der Waals surface area contributed by atoms with Crippen LogP contribution in [0.3, 0.4) is 0 Å². The highest BCUT2D eigenvalue weighted by molar-refractivity contribution is 6.16. The van der Waals surface area contributed by atoms with Gasteiger partial charge in [-0.15, -0.1) is 0 Å². The van der Waals surface area contributed by atoms with Crippen molar-refractivity contribution in [1.82, 2.24) is 9.47 Å². The summed E-state index contributed by atoms with van der Waals surface area (Å²) < 4.78 is 2.25. The lowest BCUT2D eigenvalue weighted by molar-refractivity contribution is -0.155. The Kier molecular flexibility index (Phi) is 6.93. The van der Waals surface area contributed by atoms with Crippen LogP contribution in [0.4, 0.5) is 0 Å². The number of oxime groups is 1. The maximum atomic E-state index is 13.3. The van der Waals surface area contributed by atoms with Crippen molar-refractivity contribution in [2.45, 2.75) is 59.5 Å². The molecule has 3 aromatic carbocycles. The summed E-state index contributed by atoms with van der Waals surface area (Å²) in [5.74, 6) is -0.328. The molecule has 1 aromatic heterocycles. The second kappa shape index (κ2) is 10.2. The van der Waals surface area contributed by atoms with Crippen LogP contribution in [0.15, 0.2) is 65.8 Å². The van der Waals surface area contributed by atoms with E-state index in [-0.39, 0.29) is 11.8 Å². The molecule has 38 heavy (non-hydrogen) atoms. The van der Waals surface area contributed by atoms with Gasteiger partial charge in [0, 0.05) is 39.5 Å². The van der Waals surface area contributed by atoms with E-state index in [0.29, 0.717) is 16.8 Å². The molecular weight excluding hydrogens is 474 g/mol. The van der Waals surface area contributed by atoms with Crippen LogP contribution >= 0.6 is 0 Å². The van der Waals surface area contributed by atoms with E-state index < -0.39 is 5.54 Å². The van der Waals surface area contributed by atoms with Crippen LogP contribution in [0.1, 0.15) is 67.6 Å². The van der Waals surface area contributed by atoms with Gasteiger partial charge in [-0.05, 0) is 102 Å². The van der Waals surface area contributed by atoms with Gasteiger partial charge in [0.25, 0.3) is 0 Å². The summed E-state index contributed by atoms with van der Waals surface area (Å²) in [6.07, 6.45) is 2.20. The van der Waals surface area contributed by atoms with Crippen LogP contribution in [-0.2, 0) is 16.2 Å². The molecule has 0 bridgehead atoms. The van der Waals surface area contributed by atoms with E-state index in [9.17, 15) is 9.59 Å². The number of hydrogen-bond acceptors (Lipinski definition) is 5. The lowest BCUT2D eigenvalue weighted by Crippen LogP contribution is -2.49. The van der Waals surface area contributed by atoms with Crippen LogP contribution in [0.5, 0.6) is 0 Å². The lowest BCUT2D eigenvalue weighted by Gasteiger charge is -2.31. The zero-order valence-electron chi connectivity index (χ0n) is 22.9. The number of rotatable bonds is 7. The van der Waals surface area contributed by atoms with Crippen molar-refractivity contribution in [3.8, 4) is 0 Å². The Hall–Kier alpha value is -3.77. The van der Waals surface area contributed by atoms with Crippen LogP contribution < -0.4 is 0 Å². The highest BCUT2D eigenvalue weighted by Crippen LogP contribution is 2.32. The topological polar surface area (TPSA) is 63.9 Å². The number of nitrogens with zero attached hydrogens (tertiary/aromatic N) is 3. The van der Waals surface area contributed by atoms with Gasteiger partial charge in [0.15, 0.2) is 5.78 Å². The van der Waals surface area contributed by atoms with Crippen molar-refractivity contribution in [2.75, 3.05) is 13.1 Å². The van der Waals surface area contributed by atoms with Crippen molar-refractivity contribution >= 4 is 39.3 Å². The Morgan fingerprint density at radius 2 is 1.53 bits per heavy atom. The molecule has 0 atom stereocenters.